The zero-order valence-corrected chi connectivity index (χ0v) is 19.9. The van der Waals surface area contributed by atoms with Gasteiger partial charge in [0, 0.05) is 17.6 Å². The monoisotopic (exact) mass is 509 g/mol. The van der Waals surface area contributed by atoms with Gasteiger partial charge in [-0.1, -0.05) is 6.58 Å². The van der Waals surface area contributed by atoms with E-state index in [9.17, 15) is 18.4 Å². The number of anilines is 4. The maximum atomic E-state index is 14.9. The molecule has 10 nitrogen and oxygen atoms in total. The number of rotatable bonds is 8. The summed E-state index contributed by atoms with van der Waals surface area (Å²) in [6, 6.07) is 2.47. The number of ketones is 1. The van der Waals surface area contributed by atoms with E-state index in [1.807, 2.05) is 0 Å². The number of fused-ring (bicyclic) bond motifs is 1. The van der Waals surface area contributed by atoms with Crippen molar-refractivity contribution in [2.75, 3.05) is 30.6 Å². The topological polar surface area (TPSA) is 142 Å². The average molecular weight is 509 g/mol. The van der Waals surface area contributed by atoms with Gasteiger partial charge in [0.05, 0.1) is 43.7 Å². The van der Waals surface area contributed by atoms with Crippen LogP contribution in [0.25, 0.3) is 11.0 Å². The Bertz CT molecular complexity index is 1540. The van der Waals surface area contributed by atoms with Crippen molar-refractivity contribution in [3.8, 4) is 11.5 Å². The van der Waals surface area contributed by atoms with Crippen LogP contribution in [0.1, 0.15) is 21.7 Å². The molecule has 0 fully saturated rings. The van der Waals surface area contributed by atoms with Gasteiger partial charge in [0.15, 0.2) is 34.5 Å². The number of ether oxygens (including phenoxy) is 2. The number of methoxy groups -OCH3 is 2. The molecule has 0 spiro atoms. The van der Waals surface area contributed by atoms with Gasteiger partial charge in [0.25, 0.3) is 0 Å². The van der Waals surface area contributed by atoms with Gasteiger partial charge in [-0.3, -0.25) is 14.6 Å². The minimum Gasteiger partial charge on any atom is -0.494 e. The lowest BCUT2D eigenvalue weighted by Crippen LogP contribution is -2.11. The van der Waals surface area contributed by atoms with Crippen molar-refractivity contribution in [3.05, 3.63) is 71.9 Å². The first-order chi connectivity index (χ1) is 17.7. The van der Waals surface area contributed by atoms with Gasteiger partial charge in [-0.05, 0) is 24.6 Å². The van der Waals surface area contributed by atoms with Crippen LogP contribution in [0, 0.1) is 18.6 Å². The SMILES string of the molecule is C=CC(=O)Nc1cncc(C)c1Nc1cc2c(N)c(C(=O)c3c(F)c(OC)cc(OC)c3F)oc2cn1. The fourth-order valence-electron chi connectivity index (χ4n) is 3.60. The Labute approximate surface area is 209 Å². The highest BCUT2D eigenvalue weighted by molar-refractivity contribution is 6.15. The number of benzene rings is 1. The Kier molecular flexibility index (Phi) is 6.74. The molecule has 0 unspecified atom stereocenters. The second-order valence-corrected chi connectivity index (χ2v) is 7.72. The zero-order chi connectivity index (χ0) is 26.9. The summed E-state index contributed by atoms with van der Waals surface area (Å²) in [4.78, 5) is 33.3. The van der Waals surface area contributed by atoms with Gasteiger partial charge in [0.1, 0.15) is 11.4 Å². The minimum atomic E-state index is -1.23. The maximum absolute atomic E-state index is 14.9. The fourth-order valence-corrected chi connectivity index (χ4v) is 3.60. The lowest BCUT2D eigenvalue weighted by Gasteiger charge is -2.14. The number of hydrogen-bond acceptors (Lipinski definition) is 9. The largest absolute Gasteiger partial charge is 0.494 e. The molecule has 37 heavy (non-hydrogen) atoms. The highest BCUT2D eigenvalue weighted by atomic mass is 19.1. The standard InChI is InChI=1S/C25H21F2N5O5/c1-5-18(33)31-13-9-29-8-11(2)23(13)32-17-6-12-16(10-30-17)37-25(22(12)28)24(34)19-20(26)14(35-3)7-15(36-4)21(19)27/h5-10H,1,28H2,2-4H3,(H,31,33)(H,29,30,32). The molecule has 0 atom stereocenters. The van der Waals surface area contributed by atoms with Crippen molar-refractivity contribution >= 4 is 45.5 Å². The normalized spacial score (nSPS) is 10.7. The quantitative estimate of drug-likeness (QED) is 0.231. The third kappa shape index (κ3) is 4.51. The molecule has 4 N–H and O–H groups in total. The number of amides is 1. The highest BCUT2D eigenvalue weighted by Crippen LogP contribution is 2.37. The first kappa shape index (κ1) is 25.1. The first-order valence-electron chi connectivity index (χ1n) is 10.7. The van der Waals surface area contributed by atoms with E-state index < -0.39 is 46.1 Å². The number of aryl methyl sites for hydroxylation is 1. The summed E-state index contributed by atoms with van der Waals surface area (Å²) in [7, 11) is 2.33. The third-order valence-electron chi connectivity index (χ3n) is 5.45. The Morgan fingerprint density at radius 1 is 1.11 bits per heavy atom. The van der Waals surface area contributed by atoms with Crippen molar-refractivity contribution in [2.24, 2.45) is 0 Å². The molecule has 3 aromatic heterocycles. The molecule has 4 rings (SSSR count). The lowest BCUT2D eigenvalue weighted by atomic mass is 10.0. The summed E-state index contributed by atoms with van der Waals surface area (Å²) in [5, 5.41) is 5.98. The van der Waals surface area contributed by atoms with Crippen molar-refractivity contribution in [2.45, 2.75) is 6.92 Å². The predicted octanol–water partition coefficient (Wildman–Crippen LogP) is 4.51. The third-order valence-corrected chi connectivity index (χ3v) is 5.45. The Morgan fingerprint density at radius 3 is 2.41 bits per heavy atom. The van der Waals surface area contributed by atoms with Crippen LogP contribution < -0.4 is 25.8 Å². The van der Waals surface area contributed by atoms with Crippen LogP contribution in [0.4, 0.5) is 31.7 Å². The van der Waals surface area contributed by atoms with E-state index in [2.05, 4.69) is 27.2 Å². The van der Waals surface area contributed by atoms with E-state index in [1.54, 1.807) is 13.1 Å². The molecule has 0 aliphatic rings. The van der Waals surface area contributed by atoms with E-state index in [-0.39, 0.29) is 22.5 Å². The van der Waals surface area contributed by atoms with E-state index >= 15 is 0 Å². The number of carbonyl (C=O) groups excluding carboxylic acids is 2. The van der Waals surface area contributed by atoms with Gasteiger partial charge >= 0.3 is 0 Å². The van der Waals surface area contributed by atoms with Crippen LogP contribution in [-0.4, -0.2) is 35.9 Å². The molecule has 190 valence electrons. The number of nitrogen functional groups attached to an aromatic ring is 1. The van der Waals surface area contributed by atoms with Crippen molar-refractivity contribution in [1.82, 2.24) is 9.97 Å². The smallest absolute Gasteiger partial charge is 0.247 e. The molecular formula is C25H21F2N5O5. The highest BCUT2D eigenvalue weighted by Gasteiger charge is 2.30. The van der Waals surface area contributed by atoms with Crippen LogP contribution in [0.15, 0.2) is 47.8 Å². The van der Waals surface area contributed by atoms with E-state index in [0.717, 1.165) is 12.1 Å². The number of nitrogens with one attached hydrogen (secondary N) is 2. The van der Waals surface area contributed by atoms with Crippen molar-refractivity contribution in [3.63, 3.8) is 0 Å². The number of nitrogens with two attached hydrogens (primary N) is 1. The second-order valence-electron chi connectivity index (χ2n) is 7.72. The van der Waals surface area contributed by atoms with Crippen LogP contribution in [-0.2, 0) is 4.79 Å². The number of pyridine rings is 2. The number of hydrogen-bond donors (Lipinski definition) is 3. The van der Waals surface area contributed by atoms with Gasteiger partial charge in [0.2, 0.25) is 11.7 Å². The minimum absolute atomic E-state index is 0.105. The first-order valence-corrected chi connectivity index (χ1v) is 10.7. The molecular weight excluding hydrogens is 488 g/mol. The lowest BCUT2D eigenvalue weighted by molar-refractivity contribution is -0.111. The molecule has 0 saturated heterocycles. The number of furan rings is 1. The Balaban J connectivity index is 1.76. The number of aromatic nitrogens is 2. The number of carbonyl (C=O) groups is 2. The molecule has 12 heteroatoms. The van der Waals surface area contributed by atoms with Crippen LogP contribution in [0.3, 0.4) is 0 Å². The van der Waals surface area contributed by atoms with Gasteiger partial charge in [-0.25, -0.2) is 13.8 Å². The summed E-state index contributed by atoms with van der Waals surface area (Å²) < 4.78 is 45.1. The summed E-state index contributed by atoms with van der Waals surface area (Å²) in [6.07, 6.45) is 5.44. The van der Waals surface area contributed by atoms with Crippen LogP contribution >= 0.6 is 0 Å². The summed E-state index contributed by atoms with van der Waals surface area (Å²) in [6.45, 7) is 5.20. The molecule has 0 aliphatic carbocycles. The molecule has 1 aromatic carbocycles. The summed E-state index contributed by atoms with van der Waals surface area (Å²) in [5.41, 5.74) is 6.75. The van der Waals surface area contributed by atoms with Gasteiger partial charge in [-0.15, -0.1) is 0 Å². The molecule has 0 saturated carbocycles. The average Bonchev–Trinajstić information content (AvgIpc) is 3.22. The number of halogens is 2. The number of nitrogens with zero attached hydrogens (tertiary/aromatic N) is 2. The zero-order valence-electron chi connectivity index (χ0n) is 19.9. The van der Waals surface area contributed by atoms with Crippen LogP contribution in [0.5, 0.6) is 11.5 Å². The van der Waals surface area contributed by atoms with Crippen molar-refractivity contribution in [1.29, 1.82) is 0 Å². The fraction of sp³-hybridized carbons (Fsp3) is 0.120. The summed E-state index contributed by atoms with van der Waals surface area (Å²) >= 11 is 0. The van der Waals surface area contributed by atoms with E-state index in [1.165, 1.54) is 32.7 Å². The molecule has 0 aliphatic heterocycles. The van der Waals surface area contributed by atoms with Gasteiger partial charge < -0.3 is 30.3 Å². The van der Waals surface area contributed by atoms with E-state index in [0.29, 0.717) is 16.9 Å². The molecule has 3 heterocycles. The molecule has 0 bridgehead atoms. The second kappa shape index (κ2) is 9.93. The van der Waals surface area contributed by atoms with Crippen molar-refractivity contribution < 1.29 is 32.3 Å². The maximum Gasteiger partial charge on any atom is 0.247 e. The van der Waals surface area contributed by atoms with E-state index in [4.69, 9.17) is 19.6 Å². The molecule has 1 amide bonds. The molecule has 4 aromatic rings. The predicted molar refractivity (Wildman–Crippen MR) is 132 cm³/mol. The summed E-state index contributed by atoms with van der Waals surface area (Å²) in [5.74, 6) is -5.02. The Morgan fingerprint density at radius 2 is 1.78 bits per heavy atom. The van der Waals surface area contributed by atoms with Gasteiger partial charge in [-0.2, -0.15) is 0 Å². The molecule has 0 radical (unpaired) electrons. The van der Waals surface area contributed by atoms with Crippen LogP contribution in [0.2, 0.25) is 0 Å². The Hall–Kier alpha value is -5.00.